The molecule has 3 aromatic rings. The Kier molecular flexibility index (Phi) is 8.07. The fourth-order valence-electron chi connectivity index (χ4n) is 4.00. The second-order valence-corrected chi connectivity index (χ2v) is 9.05. The van der Waals surface area contributed by atoms with Gasteiger partial charge in [0.25, 0.3) is 0 Å². The summed E-state index contributed by atoms with van der Waals surface area (Å²) in [4.78, 5) is 15.2. The Labute approximate surface area is 199 Å². The van der Waals surface area contributed by atoms with Crippen LogP contribution in [0, 0.1) is 5.92 Å². The highest BCUT2D eigenvalue weighted by Crippen LogP contribution is 2.28. The summed E-state index contributed by atoms with van der Waals surface area (Å²) in [6.45, 7) is 0.911. The molecule has 11 heteroatoms. The van der Waals surface area contributed by atoms with E-state index in [0.717, 1.165) is 36.8 Å². The zero-order valence-corrected chi connectivity index (χ0v) is 19.5. The van der Waals surface area contributed by atoms with E-state index in [9.17, 15) is 13.6 Å². The molecule has 0 saturated carbocycles. The Balaban J connectivity index is 1.36. The van der Waals surface area contributed by atoms with E-state index in [1.54, 1.807) is 25.3 Å². The van der Waals surface area contributed by atoms with E-state index < -0.39 is 12.7 Å². The zero-order chi connectivity index (χ0) is 23.9. The van der Waals surface area contributed by atoms with Gasteiger partial charge in [-0.3, -0.25) is 4.79 Å². The van der Waals surface area contributed by atoms with Gasteiger partial charge in [-0.1, -0.05) is 12.1 Å². The van der Waals surface area contributed by atoms with Gasteiger partial charge in [-0.15, -0.1) is 26.6 Å². The lowest BCUT2D eigenvalue weighted by Gasteiger charge is -2.16. The lowest BCUT2D eigenvalue weighted by Crippen LogP contribution is -2.21. The van der Waals surface area contributed by atoms with Crippen LogP contribution in [0.4, 0.5) is 14.6 Å². The number of benzene rings is 1. The summed E-state index contributed by atoms with van der Waals surface area (Å²) >= 11 is 1.42. The fourth-order valence-corrected chi connectivity index (χ4v) is 4.96. The SMILES string of the molecule is CCO[C@H](C(=O)Cc1nnc(C[C@@H]2CCN(c3cccnn3)C2)s1)c1cccc(OC(F)F)c1. The number of carbonyl (C=O) groups excluding carboxylic acids is 1. The van der Waals surface area contributed by atoms with Gasteiger partial charge in [-0.25, -0.2) is 0 Å². The summed E-state index contributed by atoms with van der Waals surface area (Å²) in [5.74, 6) is 1.06. The summed E-state index contributed by atoms with van der Waals surface area (Å²) in [7, 11) is 0. The topological polar surface area (TPSA) is 90.3 Å². The Bertz CT molecular complexity index is 1090. The first kappa shape index (κ1) is 24.1. The first-order valence-electron chi connectivity index (χ1n) is 11.0. The van der Waals surface area contributed by atoms with Crippen molar-refractivity contribution in [1.82, 2.24) is 20.4 Å². The van der Waals surface area contributed by atoms with Gasteiger partial charge in [-0.2, -0.15) is 13.9 Å². The maximum Gasteiger partial charge on any atom is 0.387 e. The maximum atomic E-state index is 13.0. The second kappa shape index (κ2) is 11.4. The molecule has 0 N–H and O–H groups in total. The van der Waals surface area contributed by atoms with Crippen LogP contribution >= 0.6 is 11.3 Å². The summed E-state index contributed by atoms with van der Waals surface area (Å²) in [6, 6.07) is 9.86. The van der Waals surface area contributed by atoms with Gasteiger partial charge in [0.05, 0.1) is 6.42 Å². The molecule has 0 aliphatic carbocycles. The molecule has 0 spiro atoms. The number of ether oxygens (including phenoxy) is 2. The van der Waals surface area contributed by atoms with E-state index in [4.69, 9.17) is 4.74 Å². The third-order valence-electron chi connectivity index (χ3n) is 5.48. The van der Waals surface area contributed by atoms with Gasteiger partial charge in [0.15, 0.2) is 11.6 Å². The number of halogens is 2. The van der Waals surface area contributed by atoms with Crippen LogP contribution in [0.3, 0.4) is 0 Å². The predicted molar refractivity (Wildman–Crippen MR) is 122 cm³/mol. The van der Waals surface area contributed by atoms with E-state index in [1.807, 2.05) is 12.1 Å². The largest absolute Gasteiger partial charge is 0.435 e. The number of anilines is 1. The summed E-state index contributed by atoms with van der Waals surface area (Å²) < 4.78 is 35.2. The number of ketones is 1. The van der Waals surface area contributed by atoms with Crippen molar-refractivity contribution in [3.8, 4) is 5.75 Å². The molecule has 2 atom stereocenters. The third-order valence-corrected chi connectivity index (χ3v) is 6.42. The van der Waals surface area contributed by atoms with Crippen molar-refractivity contribution in [3.05, 3.63) is 58.2 Å². The van der Waals surface area contributed by atoms with Crippen molar-refractivity contribution in [2.24, 2.45) is 5.92 Å². The van der Waals surface area contributed by atoms with Crippen LogP contribution in [0.5, 0.6) is 5.75 Å². The molecule has 3 heterocycles. The minimum absolute atomic E-state index is 0.0182. The number of hydrogen-bond donors (Lipinski definition) is 0. The molecular weight excluding hydrogens is 464 g/mol. The predicted octanol–water partition coefficient (Wildman–Crippen LogP) is 3.89. The van der Waals surface area contributed by atoms with Crippen LogP contribution in [0.25, 0.3) is 0 Å². The van der Waals surface area contributed by atoms with E-state index in [-0.39, 0.29) is 18.0 Å². The van der Waals surface area contributed by atoms with E-state index in [1.165, 1.54) is 23.5 Å². The Morgan fingerprint density at radius 2 is 2.06 bits per heavy atom. The molecule has 1 fully saturated rings. The zero-order valence-electron chi connectivity index (χ0n) is 18.6. The number of rotatable bonds is 11. The highest BCUT2D eigenvalue weighted by molar-refractivity contribution is 7.11. The molecule has 2 aromatic heterocycles. The highest BCUT2D eigenvalue weighted by Gasteiger charge is 2.26. The van der Waals surface area contributed by atoms with Gasteiger partial charge in [0.2, 0.25) is 0 Å². The standard InChI is InChI=1S/C23H25F2N5O3S/c1-2-32-22(16-5-3-6-17(12-16)33-23(24)25)18(31)13-21-29-28-20(34-21)11-15-8-10-30(14-15)19-7-4-9-26-27-19/h3-7,9,12,15,22-23H,2,8,10-11,13-14H2,1H3/t15-,22-/m0/s1. The van der Waals surface area contributed by atoms with Crippen molar-refractivity contribution in [1.29, 1.82) is 0 Å². The third kappa shape index (κ3) is 6.29. The Morgan fingerprint density at radius 3 is 2.82 bits per heavy atom. The lowest BCUT2D eigenvalue weighted by molar-refractivity contribution is -0.130. The average Bonchev–Trinajstić information content (AvgIpc) is 3.47. The maximum absolute atomic E-state index is 13.0. The molecule has 0 radical (unpaired) electrons. The number of aromatic nitrogens is 4. The molecule has 34 heavy (non-hydrogen) atoms. The van der Waals surface area contributed by atoms with Crippen LogP contribution in [0.15, 0.2) is 42.6 Å². The summed E-state index contributed by atoms with van der Waals surface area (Å²) in [5.41, 5.74) is 0.463. The van der Waals surface area contributed by atoms with Gasteiger partial charge in [0, 0.05) is 32.3 Å². The fraction of sp³-hybridized carbons (Fsp3) is 0.435. The quantitative estimate of drug-likeness (QED) is 0.401. The van der Waals surface area contributed by atoms with Crippen molar-refractivity contribution >= 4 is 22.9 Å². The number of carbonyl (C=O) groups is 1. The van der Waals surface area contributed by atoms with Crippen LogP contribution in [0.1, 0.15) is 35.0 Å². The lowest BCUT2D eigenvalue weighted by atomic mass is 10.0. The number of hydrogen-bond acceptors (Lipinski definition) is 9. The van der Waals surface area contributed by atoms with Crippen LogP contribution in [-0.4, -0.2) is 52.5 Å². The summed E-state index contributed by atoms with van der Waals surface area (Å²) in [6.07, 6.45) is 2.62. The normalized spacial score (nSPS) is 16.7. The van der Waals surface area contributed by atoms with Crippen LogP contribution in [0.2, 0.25) is 0 Å². The molecule has 0 unspecified atom stereocenters. The van der Waals surface area contributed by atoms with Crippen molar-refractivity contribution in [3.63, 3.8) is 0 Å². The van der Waals surface area contributed by atoms with Gasteiger partial charge in [-0.05, 0) is 49.1 Å². The minimum Gasteiger partial charge on any atom is -0.435 e. The van der Waals surface area contributed by atoms with Crippen LogP contribution in [-0.2, 0) is 22.4 Å². The minimum atomic E-state index is -2.94. The molecule has 0 amide bonds. The molecule has 8 nitrogen and oxygen atoms in total. The average molecular weight is 490 g/mol. The molecule has 1 aliphatic rings. The monoisotopic (exact) mass is 489 g/mol. The molecule has 0 bridgehead atoms. The molecule has 1 aliphatic heterocycles. The van der Waals surface area contributed by atoms with Crippen molar-refractivity contribution in [2.45, 2.75) is 38.9 Å². The molecular formula is C23H25F2N5O3S. The number of nitrogens with zero attached hydrogens (tertiary/aromatic N) is 5. The van der Waals surface area contributed by atoms with E-state index in [0.29, 0.717) is 23.1 Å². The van der Waals surface area contributed by atoms with E-state index >= 15 is 0 Å². The Hall–Kier alpha value is -3.05. The van der Waals surface area contributed by atoms with Gasteiger partial charge >= 0.3 is 6.61 Å². The van der Waals surface area contributed by atoms with Crippen LogP contribution < -0.4 is 9.64 Å². The second-order valence-electron chi connectivity index (χ2n) is 7.91. The molecule has 180 valence electrons. The van der Waals surface area contributed by atoms with Gasteiger partial charge in [0.1, 0.15) is 21.9 Å². The first-order chi connectivity index (χ1) is 16.5. The van der Waals surface area contributed by atoms with Crippen molar-refractivity contribution < 1.29 is 23.0 Å². The molecule has 1 aromatic carbocycles. The Morgan fingerprint density at radius 1 is 1.21 bits per heavy atom. The van der Waals surface area contributed by atoms with E-state index in [2.05, 4.69) is 30.0 Å². The highest BCUT2D eigenvalue weighted by atomic mass is 32.1. The molecule has 1 saturated heterocycles. The smallest absolute Gasteiger partial charge is 0.387 e. The number of alkyl halides is 2. The number of Topliss-reactive ketones (excluding diaryl/α,β-unsaturated/α-hetero) is 1. The first-order valence-corrected chi connectivity index (χ1v) is 11.9. The summed E-state index contributed by atoms with van der Waals surface area (Å²) in [5, 5.41) is 18.1. The molecule has 4 rings (SSSR count). The van der Waals surface area contributed by atoms with Gasteiger partial charge < -0.3 is 14.4 Å². The van der Waals surface area contributed by atoms with Crippen molar-refractivity contribution in [2.75, 3.05) is 24.6 Å².